The Morgan fingerprint density at radius 2 is 1.57 bits per heavy atom. The molecule has 194 valence electrons. The van der Waals surface area contributed by atoms with E-state index in [1.165, 1.54) is 71.6 Å². The Kier molecular flexibility index (Phi) is 9.35. The van der Waals surface area contributed by atoms with Crippen LogP contribution in [0.3, 0.4) is 0 Å². The van der Waals surface area contributed by atoms with Crippen molar-refractivity contribution in [3.8, 4) is 17.2 Å². The molecule has 1 atom stereocenters. The number of benzene rings is 2. The number of amides is 1. The quantitative estimate of drug-likeness (QED) is 0.407. The summed E-state index contributed by atoms with van der Waals surface area (Å²) in [6, 6.07) is 9.39. The van der Waals surface area contributed by atoms with Crippen molar-refractivity contribution < 1.29 is 35.8 Å². The lowest BCUT2D eigenvalue weighted by Crippen LogP contribution is -2.48. The van der Waals surface area contributed by atoms with Crippen LogP contribution < -0.4 is 23.8 Å². The third-order valence-electron chi connectivity index (χ3n) is 4.98. The Balaban J connectivity index is 2.02. The summed E-state index contributed by atoms with van der Waals surface area (Å²) in [7, 11) is -1.57. The van der Waals surface area contributed by atoms with E-state index in [9.17, 15) is 21.6 Å². The van der Waals surface area contributed by atoms with Crippen molar-refractivity contribution in [2.24, 2.45) is 0 Å². The number of nitrogens with one attached hydrogen (secondary N) is 1. The van der Waals surface area contributed by atoms with Gasteiger partial charge >= 0.3 is 0 Å². The molecular weight excluding hydrogens is 498 g/mol. The van der Waals surface area contributed by atoms with Gasteiger partial charge in [0.15, 0.2) is 11.5 Å². The summed E-state index contributed by atoms with van der Waals surface area (Å²) < 4.78 is 67.3. The molecule has 0 unspecified atom stereocenters. The lowest BCUT2D eigenvalue weighted by molar-refractivity contribution is -0.121. The smallest absolute Gasteiger partial charge is 0.243 e. The number of rotatable bonds is 12. The summed E-state index contributed by atoms with van der Waals surface area (Å²) in [5.74, 6) is 0.643. The highest BCUT2D eigenvalue weighted by atomic mass is 32.2. The topological polar surface area (TPSA) is 132 Å². The fourth-order valence-electron chi connectivity index (χ4n) is 3.18. The Morgan fingerprint density at radius 3 is 2.09 bits per heavy atom. The van der Waals surface area contributed by atoms with Gasteiger partial charge in [0.1, 0.15) is 18.4 Å². The van der Waals surface area contributed by atoms with Crippen LogP contribution in [0.1, 0.15) is 6.92 Å². The number of carbonyl (C=O) groups excluding carboxylic acids is 1. The summed E-state index contributed by atoms with van der Waals surface area (Å²) in [6.45, 7) is 1.66. The van der Waals surface area contributed by atoms with Gasteiger partial charge in [0.05, 0.1) is 37.6 Å². The summed E-state index contributed by atoms with van der Waals surface area (Å²) >= 11 is 0. The van der Waals surface area contributed by atoms with Crippen molar-refractivity contribution in [3.05, 3.63) is 42.5 Å². The maximum absolute atomic E-state index is 12.7. The second-order valence-corrected chi connectivity index (χ2v) is 11.7. The Labute approximate surface area is 206 Å². The fraction of sp³-hybridized carbons (Fsp3) is 0.409. The van der Waals surface area contributed by atoms with Crippen molar-refractivity contribution in [3.63, 3.8) is 0 Å². The minimum atomic E-state index is -3.81. The van der Waals surface area contributed by atoms with Crippen LogP contribution in [0.5, 0.6) is 17.2 Å². The molecule has 1 N–H and O–H groups in total. The van der Waals surface area contributed by atoms with Gasteiger partial charge in [0, 0.05) is 20.2 Å². The number of anilines is 1. The summed E-state index contributed by atoms with van der Waals surface area (Å²) in [5, 5.41) is 2.65. The van der Waals surface area contributed by atoms with E-state index >= 15 is 0 Å². The van der Waals surface area contributed by atoms with Gasteiger partial charge in [0.25, 0.3) is 0 Å². The molecule has 0 aliphatic carbocycles. The third-order valence-corrected chi connectivity index (χ3v) is 8.05. The molecule has 13 heteroatoms. The van der Waals surface area contributed by atoms with Crippen LogP contribution in [0.15, 0.2) is 47.4 Å². The third kappa shape index (κ3) is 6.99. The van der Waals surface area contributed by atoms with E-state index in [1.807, 2.05) is 0 Å². The number of nitrogens with zero attached hydrogens (tertiary/aromatic N) is 2. The SMILES string of the molecule is COc1ccc(N([C@H](C)C(=O)NCCOc2ccc(S(=O)(=O)N(C)C)cc2)S(C)(=O)=O)cc1OC. The van der Waals surface area contributed by atoms with Crippen LogP contribution in [0.2, 0.25) is 0 Å². The van der Waals surface area contributed by atoms with E-state index in [0.717, 1.165) is 14.9 Å². The zero-order valence-electron chi connectivity index (χ0n) is 20.5. The average molecular weight is 530 g/mol. The molecule has 0 aromatic heterocycles. The molecule has 0 aliphatic heterocycles. The van der Waals surface area contributed by atoms with Crippen molar-refractivity contribution >= 4 is 31.6 Å². The largest absolute Gasteiger partial charge is 0.493 e. The van der Waals surface area contributed by atoms with E-state index in [2.05, 4.69) is 5.32 Å². The van der Waals surface area contributed by atoms with E-state index in [4.69, 9.17) is 14.2 Å². The molecular formula is C22H31N3O8S2. The number of hydrogen-bond donors (Lipinski definition) is 1. The van der Waals surface area contributed by atoms with Crippen LogP contribution in [-0.2, 0) is 24.8 Å². The highest BCUT2D eigenvalue weighted by molar-refractivity contribution is 7.92. The summed E-state index contributed by atoms with van der Waals surface area (Å²) in [4.78, 5) is 12.8. The van der Waals surface area contributed by atoms with Crippen LogP contribution in [0.25, 0.3) is 0 Å². The van der Waals surface area contributed by atoms with E-state index in [-0.39, 0.29) is 23.7 Å². The molecule has 2 aromatic rings. The number of carbonyl (C=O) groups is 1. The van der Waals surface area contributed by atoms with Gasteiger partial charge < -0.3 is 19.5 Å². The van der Waals surface area contributed by atoms with Crippen LogP contribution in [0, 0.1) is 0 Å². The lowest BCUT2D eigenvalue weighted by Gasteiger charge is -2.28. The van der Waals surface area contributed by atoms with E-state index in [0.29, 0.717) is 17.2 Å². The Hall–Kier alpha value is -3.03. The van der Waals surface area contributed by atoms with Gasteiger partial charge in [-0.1, -0.05) is 0 Å². The minimum Gasteiger partial charge on any atom is -0.493 e. The number of hydrogen-bond acceptors (Lipinski definition) is 8. The van der Waals surface area contributed by atoms with Gasteiger partial charge in [-0.05, 0) is 43.3 Å². The molecule has 0 saturated heterocycles. The highest BCUT2D eigenvalue weighted by Crippen LogP contribution is 2.33. The van der Waals surface area contributed by atoms with Crippen molar-refractivity contribution in [2.75, 3.05) is 52.0 Å². The first-order chi connectivity index (χ1) is 16.3. The first kappa shape index (κ1) is 28.2. The van der Waals surface area contributed by atoms with Gasteiger partial charge in [0.2, 0.25) is 26.0 Å². The predicted octanol–water partition coefficient (Wildman–Crippen LogP) is 1.30. The summed E-state index contributed by atoms with van der Waals surface area (Å²) in [6.07, 6.45) is 1.01. The van der Waals surface area contributed by atoms with E-state index in [1.54, 1.807) is 6.07 Å². The molecule has 0 spiro atoms. The maximum atomic E-state index is 12.7. The predicted molar refractivity (Wildman–Crippen MR) is 132 cm³/mol. The zero-order valence-corrected chi connectivity index (χ0v) is 22.1. The van der Waals surface area contributed by atoms with Crippen molar-refractivity contribution in [2.45, 2.75) is 17.9 Å². The van der Waals surface area contributed by atoms with E-state index < -0.39 is 32.0 Å². The second kappa shape index (κ2) is 11.6. The molecule has 0 aliphatic rings. The van der Waals surface area contributed by atoms with Gasteiger partial charge in [-0.15, -0.1) is 0 Å². The first-order valence-electron chi connectivity index (χ1n) is 10.5. The molecule has 2 aromatic carbocycles. The number of ether oxygens (including phenoxy) is 3. The highest BCUT2D eigenvalue weighted by Gasteiger charge is 2.29. The van der Waals surface area contributed by atoms with Gasteiger partial charge in [-0.25, -0.2) is 21.1 Å². The molecule has 1 amide bonds. The monoisotopic (exact) mass is 529 g/mol. The number of methoxy groups -OCH3 is 2. The molecule has 0 radical (unpaired) electrons. The Morgan fingerprint density at radius 1 is 0.971 bits per heavy atom. The zero-order chi connectivity index (χ0) is 26.4. The Bertz CT molecular complexity index is 1230. The summed E-state index contributed by atoms with van der Waals surface area (Å²) in [5.41, 5.74) is 0.247. The van der Waals surface area contributed by atoms with Crippen LogP contribution in [-0.4, -0.2) is 80.8 Å². The maximum Gasteiger partial charge on any atom is 0.243 e. The molecule has 0 fully saturated rings. The molecule has 0 saturated carbocycles. The second-order valence-electron chi connectivity index (χ2n) is 7.67. The molecule has 2 rings (SSSR count). The average Bonchev–Trinajstić information content (AvgIpc) is 2.80. The number of sulfonamides is 2. The minimum absolute atomic E-state index is 0.0907. The lowest BCUT2D eigenvalue weighted by atomic mass is 10.2. The van der Waals surface area contributed by atoms with Crippen LogP contribution in [0.4, 0.5) is 5.69 Å². The molecule has 35 heavy (non-hydrogen) atoms. The molecule has 11 nitrogen and oxygen atoms in total. The van der Waals surface area contributed by atoms with Crippen molar-refractivity contribution in [1.29, 1.82) is 0 Å². The fourth-order valence-corrected chi connectivity index (χ4v) is 5.25. The van der Waals surface area contributed by atoms with Gasteiger partial charge in [-0.2, -0.15) is 0 Å². The van der Waals surface area contributed by atoms with Gasteiger partial charge in [-0.3, -0.25) is 9.10 Å². The van der Waals surface area contributed by atoms with Crippen LogP contribution >= 0.6 is 0 Å². The molecule has 0 bridgehead atoms. The standard InChI is InChI=1S/C22H31N3O8S2/c1-16(25(34(6,27)28)17-7-12-20(31-4)21(15-17)32-5)22(26)23-13-14-33-18-8-10-19(11-9-18)35(29,30)24(2)3/h7-12,15-16H,13-14H2,1-6H3,(H,23,26)/t16-/m1/s1. The first-order valence-corrected chi connectivity index (χ1v) is 13.8. The molecule has 0 heterocycles. The normalized spacial score (nSPS) is 12.7. The van der Waals surface area contributed by atoms with Crippen molar-refractivity contribution in [1.82, 2.24) is 9.62 Å².